The van der Waals surface area contributed by atoms with Gasteiger partial charge in [0.15, 0.2) is 0 Å². The standard InChI is InChI=1S/C12H20N2O2/c1-8-5-9-6-13-7-10(9)14(8)12(15)11-3-2-4-16-11/h8-11,13H,2-7H2,1H3/t8?,9?,10?,11-/m0/s1. The van der Waals surface area contributed by atoms with Crippen molar-refractivity contribution in [1.82, 2.24) is 10.2 Å². The van der Waals surface area contributed by atoms with Crippen LogP contribution in [0.2, 0.25) is 0 Å². The molecule has 3 saturated heterocycles. The molecule has 3 heterocycles. The van der Waals surface area contributed by atoms with Crippen molar-refractivity contribution in [3.63, 3.8) is 0 Å². The summed E-state index contributed by atoms with van der Waals surface area (Å²) in [6, 6.07) is 0.820. The van der Waals surface area contributed by atoms with E-state index in [1.165, 1.54) is 0 Å². The first kappa shape index (κ1) is 10.5. The van der Waals surface area contributed by atoms with Gasteiger partial charge in [-0.1, -0.05) is 0 Å². The molecule has 3 aliphatic rings. The summed E-state index contributed by atoms with van der Waals surface area (Å²) in [5, 5.41) is 3.39. The van der Waals surface area contributed by atoms with E-state index in [-0.39, 0.29) is 12.0 Å². The van der Waals surface area contributed by atoms with Gasteiger partial charge in [0, 0.05) is 31.8 Å². The summed E-state index contributed by atoms with van der Waals surface area (Å²) in [6.07, 6.45) is 2.94. The van der Waals surface area contributed by atoms with Crippen molar-refractivity contribution < 1.29 is 9.53 Å². The van der Waals surface area contributed by atoms with Gasteiger partial charge in [-0.05, 0) is 32.1 Å². The molecule has 0 aromatic heterocycles. The molecule has 0 aromatic rings. The predicted octanol–water partition coefficient (Wildman–Crippen LogP) is 0.374. The van der Waals surface area contributed by atoms with Crippen molar-refractivity contribution >= 4 is 5.91 Å². The van der Waals surface area contributed by atoms with Gasteiger partial charge in [-0.3, -0.25) is 4.79 Å². The molecule has 4 heteroatoms. The molecule has 16 heavy (non-hydrogen) atoms. The van der Waals surface area contributed by atoms with Gasteiger partial charge in [0.25, 0.3) is 5.91 Å². The molecule has 3 unspecified atom stereocenters. The Balaban J connectivity index is 1.74. The number of amides is 1. The third-order valence-electron chi connectivity index (χ3n) is 4.24. The van der Waals surface area contributed by atoms with Crippen LogP contribution in [0.1, 0.15) is 26.2 Å². The number of hydrogen-bond donors (Lipinski definition) is 1. The maximum atomic E-state index is 12.4. The smallest absolute Gasteiger partial charge is 0.252 e. The average molecular weight is 224 g/mol. The highest BCUT2D eigenvalue weighted by Gasteiger charge is 2.46. The molecule has 1 N–H and O–H groups in total. The second kappa shape index (κ2) is 4.00. The largest absolute Gasteiger partial charge is 0.368 e. The zero-order valence-electron chi connectivity index (χ0n) is 9.82. The number of carbonyl (C=O) groups excluding carboxylic acids is 1. The predicted molar refractivity (Wildman–Crippen MR) is 60.0 cm³/mol. The Morgan fingerprint density at radius 3 is 3.06 bits per heavy atom. The second-order valence-corrected chi connectivity index (χ2v) is 5.32. The molecule has 0 spiro atoms. The lowest BCUT2D eigenvalue weighted by molar-refractivity contribution is -0.143. The quantitative estimate of drug-likeness (QED) is 0.700. The van der Waals surface area contributed by atoms with Gasteiger partial charge in [-0.25, -0.2) is 0 Å². The van der Waals surface area contributed by atoms with Crippen LogP contribution in [-0.4, -0.2) is 48.7 Å². The number of fused-ring (bicyclic) bond motifs is 1. The topological polar surface area (TPSA) is 41.6 Å². The Bertz CT molecular complexity index is 289. The van der Waals surface area contributed by atoms with Gasteiger partial charge < -0.3 is 15.0 Å². The lowest BCUT2D eigenvalue weighted by Gasteiger charge is -2.29. The van der Waals surface area contributed by atoms with Crippen LogP contribution >= 0.6 is 0 Å². The van der Waals surface area contributed by atoms with E-state index in [9.17, 15) is 4.79 Å². The monoisotopic (exact) mass is 224 g/mol. The summed E-state index contributed by atoms with van der Waals surface area (Å²) in [4.78, 5) is 14.5. The maximum Gasteiger partial charge on any atom is 0.252 e. The third kappa shape index (κ3) is 1.55. The first-order valence-corrected chi connectivity index (χ1v) is 6.42. The Labute approximate surface area is 96.3 Å². The van der Waals surface area contributed by atoms with Crippen molar-refractivity contribution in [2.75, 3.05) is 19.7 Å². The van der Waals surface area contributed by atoms with Gasteiger partial charge in [-0.15, -0.1) is 0 Å². The molecule has 3 rings (SSSR count). The van der Waals surface area contributed by atoms with E-state index >= 15 is 0 Å². The Hall–Kier alpha value is -0.610. The zero-order valence-corrected chi connectivity index (χ0v) is 9.82. The van der Waals surface area contributed by atoms with Crippen LogP contribution in [0.25, 0.3) is 0 Å². The minimum atomic E-state index is -0.151. The second-order valence-electron chi connectivity index (χ2n) is 5.32. The van der Waals surface area contributed by atoms with Crippen LogP contribution in [0.5, 0.6) is 0 Å². The minimum absolute atomic E-state index is 0.151. The van der Waals surface area contributed by atoms with Crippen LogP contribution in [0.15, 0.2) is 0 Å². The molecule has 0 aromatic carbocycles. The van der Waals surface area contributed by atoms with Crippen molar-refractivity contribution in [2.45, 2.75) is 44.4 Å². The fourth-order valence-corrected chi connectivity index (χ4v) is 3.48. The molecule has 3 fully saturated rings. The van der Waals surface area contributed by atoms with Crippen molar-refractivity contribution in [3.05, 3.63) is 0 Å². The van der Waals surface area contributed by atoms with Crippen LogP contribution in [-0.2, 0) is 9.53 Å². The summed E-state index contributed by atoms with van der Waals surface area (Å²) < 4.78 is 5.51. The molecule has 1 amide bonds. The van der Waals surface area contributed by atoms with E-state index < -0.39 is 0 Å². The molecular formula is C12H20N2O2. The molecule has 0 saturated carbocycles. The Morgan fingerprint density at radius 1 is 1.44 bits per heavy atom. The molecule has 0 bridgehead atoms. The van der Waals surface area contributed by atoms with E-state index in [0.717, 1.165) is 39.0 Å². The highest BCUT2D eigenvalue weighted by molar-refractivity contribution is 5.82. The highest BCUT2D eigenvalue weighted by atomic mass is 16.5. The zero-order chi connectivity index (χ0) is 11.1. The highest BCUT2D eigenvalue weighted by Crippen LogP contribution is 2.33. The molecule has 4 nitrogen and oxygen atoms in total. The Kier molecular flexibility index (Phi) is 2.64. The minimum Gasteiger partial charge on any atom is -0.368 e. The lowest BCUT2D eigenvalue weighted by Crippen LogP contribution is -2.47. The summed E-state index contributed by atoms with van der Waals surface area (Å²) in [5.41, 5.74) is 0. The summed E-state index contributed by atoms with van der Waals surface area (Å²) >= 11 is 0. The third-order valence-corrected chi connectivity index (χ3v) is 4.24. The summed E-state index contributed by atoms with van der Waals surface area (Å²) in [6.45, 7) is 4.97. The summed E-state index contributed by atoms with van der Waals surface area (Å²) in [5.74, 6) is 0.904. The fourth-order valence-electron chi connectivity index (χ4n) is 3.48. The number of rotatable bonds is 1. The molecule has 4 atom stereocenters. The van der Waals surface area contributed by atoms with E-state index in [2.05, 4.69) is 17.1 Å². The van der Waals surface area contributed by atoms with Gasteiger partial charge in [-0.2, -0.15) is 0 Å². The first-order valence-electron chi connectivity index (χ1n) is 6.42. The van der Waals surface area contributed by atoms with Crippen molar-refractivity contribution in [1.29, 1.82) is 0 Å². The normalized spacial score (nSPS) is 42.7. The van der Waals surface area contributed by atoms with Crippen LogP contribution in [0.4, 0.5) is 0 Å². The number of ether oxygens (including phenoxy) is 1. The van der Waals surface area contributed by atoms with Crippen LogP contribution in [0, 0.1) is 5.92 Å². The lowest BCUT2D eigenvalue weighted by atomic mass is 10.0. The van der Waals surface area contributed by atoms with Crippen molar-refractivity contribution in [3.8, 4) is 0 Å². The van der Waals surface area contributed by atoms with Gasteiger partial charge in [0.2, 0.25) is 0 Å². The van der Waals surface area contributed by atoms with E-state index in [1.807, 2.05) is 0 Å². The van der Waals surface area contributed by atoms with E-state index in [4.69, 9.17) is 4.74 Å². The van der Waals surface area contributed by atoms with Crippen molar-refractivity contribution in [2.24, 2.45) is 5.92 Å². The number of likely N-dealkylation sites (tertiary alicyclic amines) is 1. The van der Waals surface area contributed by atoms with Crippen LogP contribution < -0.4 is 5.32 Å². The fraction of sp³-hybridized carbons (Fsp3) is 0.917. The number of nitrogens with one attached hydrogen (secondary N) is 1. The molecule has 0 radical (unpaired) electrons. The Morgan fingerprint density at radius 2 is 2.31 bits per heavy atom. The summed E-state index contributed by atoms with van der Waals surface area (Å²) in [7, 11) is 0. The van der Waals surface area contributed by atoms with E-state index in [1.54, 1.807) is 0 Å². The van der Waals surface area contributed by atoms with Gasteiger partial charge in [0.1, 0.15) is 6.10 Å². The molecular weight excluding hydrogens is 204 g/mol. The first-order chi connectivity index (χ1) is 7.77. The number of carbonyl (C=O) groups is 1. The maximum absolute atomic E-state index is 12.4. The number of hydrogen-bond acceptors (Lipinski definition) is 3. The van der Waals surface area contributed by atoms with Crippen LogP contribution in [0.3, 0.4) is 0 Å². The molecule has 0 aliphatic carbocycles. The molecule has 3 aliphatic heterocycles. The van der Waals surface area contributed by atoms with E-state index in [0.29, 0.717) is 18.0 Å². The molecule has 90 valence electrons. The van der Waals surface area contributed by atoms with Gasteiger partial charge in [0.05, 0.1) is 0 Å². The SMILES string of the molecule is CC1CC2CNCC2N1C(=O)[C@@H]1CCCO1. The number of nitrogens with zero attached hydrogens (tertiary/aromatic N) is 1. The van der Waals surface area contributed by atoms with Gasteiger partial charge >= 0.3 is 0 Å². The average Bonchev–Trinajstić information content (AvgIpc) is 2.89.